The van der Waals surface area contributed by atoms with Crippen molar-refractivity contribution in [1.82, 2.24) is 9.13 Å². The van der Waals surface area contributed by atoms with E-state index in [0.717, 1.165) is 15.2 Å². The molecule has 10 aromatic rings. The summed E-state index contributed by atoms with van der Waals surface area (Å²) >= 11 is -0.682. The predicted octanol–water partition coefficient (Wildman–Crippen LogP) is 12.8. The van der Waals surface area contributed by atoms with Gasteiger partial charge in [0.05, 0.1) is 27.8 Å². The Hall–Kier alpha value is -6.11. The lowest BCUT2D eigenvalue weighted by molar-refractivity contribution is 1.18. The van der Waals surface area contributed by atoms with E-state index < -0.39 is 20.7 Å². The van der Waals surface area contributed by atoms with Crippen LogP contribution in [-0.4, -0.2) is 16.5 Å². The zero-order chi connectivity index (χ0) is 34.2. The summed E-state index contributed by atoms with van der Waals surface area (Å²) in [5.74, 6) is 0. The number of para-hydroxylation sites is 3. The number of halogens is 1. The first-order valence-electron chi connectivity index (χ1n) is 17.6. The Morgan fingerprint density at radius 2 is 1.04 bits per heavy atom. The van der Waals surface area contributed by atoms with E-state index in [2.05, 4.69) is 191 Å². The quantitative estimate of drug-likeness (QED) is 0.160. The molecule has 1 aliphatic heterocycles. The maximum Gasteiger partial charge on any atom is 0.171 e. The summed E-state index contributed by atoms with van der Waals surface area (Å²) in [4.78, 5) is 5.48. The van der Waals surface area contributed by atoms with Crippen molar-refractivity contribution in [2.24, 2.45) is 4.99 Å². The van der Waals surface area contributed by atoms with Crippen molar-refractivity contribution in [2.75, 3.05) is 0 Å². The molecular weight excluding hydrogens is 745 g/mol. The van der Waals surface area contributed by atoms with Gasteiger partial charge >= 0.3 is 0 Å². The highest BCUT2D eigenvalue weighted by Crippen LogP contribution is 2.41. The van der Waals surface area contributed by atoms with E-state index in [4.69, 9.17) is 4.99 Å². The molecule has 1 aliphatic rings. The smallest absolute Gasteiger partial charge is 0.171 e. The lowest BCUT2D eigenvalue weighted by atomic mass is 9.98. The van der Waals surface area contributed by atoms with Gasteiger partial charge in [0.1, 0.15) is 0 Å². The maximum atomic E-state index is 5.48. The van der Waals surface area contributed by atoms with Crippen LogP contribution < -0.4 is 0 Å². The second-order valence-corrected chi connectivity index (χ2v) is 15.9. The van der Waals surface area contributed by atoms with Gasteiger partial charge in [-0.2, -0.15) is 0 Å². The Kier molecular flexibility index (Phi) is 6.67. The molecule has 0 bridgehead atoms. The largest absolute Gasteiger partial charge is 0.309 e. The molecule has 3 heterocycles. The van der Waals surface area contributed by atoms with E-state index in [0.29, 0.717) is 0 Å². The Morgan fingerprint density at radius 3 is 1.87 bits per heavy atom. The van der Waals surface area contributed by atoms with Gasteiger partial charge in [-0.05, 0) is 96.7 Å². The molecule has 52 heavy (non-hydrogen) atoms. The van der Waals surface area contributed by atoms with Gasteiger partial charge in [-0.25, -0.2) is 4.99 Å². The topological polar surface area (TPSA) is 22.2 Å². The van der Waals surface area contributed by atoms with Gasteiger partial charge in [-0.15, -0.1) is 0 Å². The van der Waals surface area contributed by atoms with Gasteiger partial charge in [0.2, 0.25) is 0 Å². The fraction of sp³-hybridized carbons (Fsp3) is 0. The zero-order valence-electron chi connectivity index (χ0n) is 28.0. The van der Waals surface area contributed by atoms with E-state index >= 15 is 0 Å². The van der Waals surface area contributed by atoms with Crippen LogP contribution in [0.2, 0.25) is 0 Å². The van der Waals surface area contributed by atoms with Crippen molar-refractivity contribution in [1.29, 1.82) is 0 Å². The fourth-order valence-electron chi connectivity index (χ4n) is 8.10. The highest BCUT2D eigenvalue weighted by molar-refractivity contribution is 14.2. The summed E-state index contributed by atoms with van der Waals surface area (Å²) in [5, 5.41) is 7.55. The Morgan fingerprint density at radius 1 is 0.404 bits per heavy atom. The summed E-state index contributed by atoms with van der Waals surface area (Å²) in [6.45, 7) is 0. The average molecular weight is 776 g/mol. The molecule has 2 aromatic heterocycles. The molecule has 0 amide bonds. The van der Waals surface area contributed by atoms with Crippen LogP contribution in [0, 0.1) is 0 Å². The van der Waals surface area contributed by atoms with E-state index in [1.165, 1.54) is 80.1 Å². The Balaban J connectivity index is 1.19. The molecule has 11 rings (SSSR count). The number of hydrogen-bond acceptors (Lipinski definition) is 1. The van der Waals surface area contributed by atoms with E-state index in [-0.39, 0.29) is 0 Å². The number of rotatable bonds is 3. The van der Waals surface area contributed by atoms with Gasteiger partial charge in [0.25, 0.3) is 0 Å². The number of aromatic nitrogens is 2. The molecule has 0 atom stereocenters. The zero-order valence-corrected chi connectivity index (χ0v) is 30.2. The van der Waals surface area contributed by atoms with E-state index in [1.54, 1.807) is 0 Å². The van der Waals surface area contributed by atoms with Gasteiger partial charge in [-0.3, -0.25) is 4.57 Å². The summed E-state index contributed by atoms with van der Waals surface area (Å²) in [6, 6.07) is 66.3. The molecule has 0 N–H and O–H groups in total. The molecule has 0 unspecified atom stereocenters. The molecule has 8 aromatic carbocycles. The lowest BCUT2D eigenvalue weighted by Gasteiger charge is -2.19. The minimum absolute atomic E-state index is 0.682. The number of aliphatic imine (C=N–C) groups is 1. The number of hydrogen-bond donors (Lipinski definition) is 0. The monoisotopic (exact) mass is 775 g/mol. The molecule has 4 heteroatoms. The molecule has 0 fully saturated rings. The first-order chi connectivity index (χ1) is 25.8. The first kappa shape index (κ1) is 29.6. The third kappa shape index (κ3) is 4.50. The van der Waals surface area contributed by atoms with Crippen LogP contribution in [0.3, 0.4) is 0 Å². The van der Waals surface area contributed by atoms with Gasteiger partial charge in [0, 0.05) is 36.3 Å². The predicted molar refractivity (Wildman–Crippen MR) is 229 cm³/mol. The van der Waals surface area contributed by atoms with Crippen LogP contribution in [0.15, 0.2) is 187 Å². The summed E-state index contributed by atoms with van der Waals surface area (Å²) in [7, 11) is 0. The minimum Gasteiger partial charge on any atom is -0.309 e. The van der Waals surface area contributed by atoms with Gasteiger partial charge in [-0.1, -0.05) is 133 Å². The van der Waals surface area contributed by atoms with Crippen molar-refractivity contribution in [3.63, 3.8) is 0 Å². The van der Waals surface area contributed by atoms with Crippen LogP contribution in [0.1, 0.15) is 11.1 Å². The molecule has 0 spiro atoms. The molecule has 0 radical (unpaired) electrons. The highest BCUT2D eigenvalue weighted by atomic mass is 127. The second-order valence-electron chi connectivity index (χ2n) is 13.3. The number of benzene rings is 8. The average Bonchev–Trinajstić information content (AvgIpc) is 3.74. The normalized spacial score (nSPS) is 13.0. The highest BCUT2D eigenvalue weighted by Gasteiger charge is 2.23. The summed E-state index contributed by atoms with van der Waals surface area (Å²) in [6.07, 6.45) is 0. The van der Waals surface area contributed by atoms with Crippen LogP contribution in [0.4, 0.5) is 5.69 Å². The standard InChI is InChI=1S/C48H30IN3/c1-2-13-31(14-3-1)33-16-12-17-34(29-33)47-39-21-6-9-22-41(39)50-48(49-47)52-44-28-26-35(30-40(44)46-36-18-5-4-15-32(36)25-27-45(46)52)51-42-23-10-7-19-37(42)38-20-8-11-24-43(38)51/h1-30H. The van der Waals surface area contributed by atoms with Crippen molar-refractivity contribution in [3.8, 4) is 16.8 Å². The van der Waals surface area contributed by atoms with E-state index in [1.807, 2.05) is 0 Å². The van der Waals surface area contributed by atoms with Gasteiger partial charge < -0.3 is 4.57 Å². The number of fused-ring (bicyclic) bond motifs is 9. The maximum absolute atomic E-state index is 5.48. The molecule has 3 nitrogen and oxygen atoms in total. The second kappa shape index (κ2) is 11.7. The molecule has 0 aliphatic carbocycles. The van der Waals surface area contributed by atoms with Gasteiger partial charge in [0.15, 0.2) is 3.84 Å². The lowest BCUT2D eigenvalue weighted by Crippen LogP contribution is -2.12. The Labute approximate surface area is 310 Å². The van der Waals surface area contributed by atoms with E-state index in [9.17, 15) is 0 Å². The first-order valence-corrected chi connectivity index (χ1v) is 19.8. The SMILES string of the molecule is c1ccc(-c2cccc(C3=IC(n4c5ccc(-n6c7ccccc7c7ccccc76)cc5c5c6ccccc6ccc54)=Nc4ccccc43)c2)cc1. The van der Waals surface area contributed by atoms with Crippen molar-refractivity contribution in [3.05, 3.63) is 193 Å². The van der Waals surface area contributed by atoms with Crippen LogP contribution in [0.25, 0.3) is 71.2 Å². The fourth-order valence-corrected chi connectivity index (χ4v) is 11.1. The summed E-state index contributed by atoms with van der Waals surface area (Å²) in [5.41, 5.74) is 12.0. The van der Waals surface area contributed by atoms with Crippen LogP contribution in [-0.2, 0) is 0 Å². The van der Waals surface area contributed by atoms with Crippen molar-refractivity contribution >= 4 is 88.2 Å². The molecule has 244 valence electrons. The molecule has 0 saturated heterocycles. The Bertz CT molecular complexity index is 3070. The van der Waals surface area contributed by atoms with Crippen LogP contribution in [0.5, 0.6) is 0 Å². The third-order valence-electron chi connectivity index (χ3n) is 10.4. The van der Waals surface area contributed by atoms with Crippen molar-refractivity contribution < 1.29 is 0 Å². The summed E-state index contributed by atoms with van der Waals surface area (Å²) < 4.78 is 7.43. The number of nitrogens with zero attached hydrogens (tertiary/aromatic N) is 3. The van der Waals surface area contributed by atoms with Crippen LogP contribution >= 0.6 is 20.7 Å². The third-order valence-corrected chi connectivity index (χ3v) is 13.4. The molecule has 0 saturated carbocycles. The van der Waals surface area contributed by atoms with Crippen molar-refractivity contribution in [2.45, 2.75) is 0 Å². The minimum atomic E-state index is -0.682. The molecular formula is C48H30IN3.